The minimum absolute atomic E-state index is 0.0912. The van der Waals surface area contributed by atoms with Crippen LogP contribution in [0.2, 0.25) is 10.0 Å². The predicted molar refractivity (Wildman–Crippen MR) is 272 cm³/mol. The highest BCUT2D eigenvalue weighted by Crippen LogP contribution is 2.41. The number of aryl methyl sites for hydroxylation is 2. The molecule has 0 saturated carbocycles. The fourth-order valence-corrected chi connectivity index (χ4v) is 12.2. The molecule has 10 heterocycles. The van der Waals surface area contributed by atoms with Gasteiger partial charge in [0.2, 0.25) is 11.8 Å². The molecule has 0 unspecified atom stereocenters. The Hall–Kier alpha value is -5.25. The molecule has 374 valence electrons. The number of likely N-dealkylation sites (tertiary alicyclic amines) is 1. The number of carbonyl (C=O) groups excluding carboxylic acids is 1. The average Bonchev–Trinajstić information content (AvgIpc) is 4.19. The molecule has 5 atom stereocenters. The Kier molecular flexibility index (Phi) is 13.5. The number of amides is 1. The summed E-state index contributed by atoms with van der Waals surface area (Å²) in [5, 5.41) is 21.3. The maximum atomic E-state index is 14.1. The number of likely N-dealkylation sites (N-methyl/N-ethyl adjacent to an activating group) is 1. The first-order chi connectivity index (χ1) is 34.4. The number of hydrogen-bond donors (Lipinski definition) is 2. The van der Waals surface area contributed by atoms with Crippen molar-refractivity contribution in [3.8, 4) is 28.1 Å². The number of pyridine rings is 2. The zero-order valence-electron chi connectivity index (χ0n) is 40.5. The number of nitrogens with zero attached hydrogens (tertiary/aromatic N) is 11. The number of thiophene rings is 1. The van der Waals surface area contributed by atoms with Crippen LogP contribution in [0.3, 0.4) is 0 Å². The first-order valence-corrected chi connectivity index (χ1v) is 26.0. The second kappa shape index (κ2) is 20.0. The molecule has 11 rings (SSSR count). The lowest BCUT2D eigenvalue weighted by atomic mass is 9.96. The van der Waals surface area contributed by atoms with Gasteiger partial charge < -0.3 is 43.7 Å². The van der Waals surface area contributed by atoms with Gasteiger partial charge in [0.15, 0.2) is 17.6 Å². The van der Waals surface area contributed by atoms with Crippen molar-refractivity contribution in [1.82, 2.24) is 49.4 Å². The van der Waals surface area contributed by atoms with Gasteiger partial charge in [-0.15, -0.1) is 21.5 Å². The van der Waals surface area contributed by atoms with E-state index in [2.05, 4.69) is 53.3 Å². The van der Waals surface area contributed by atoms with Crippen molar-refractivity contribution < 1.29 is 28.8 Å². The Bertz CT molecular complexity index is 2970. The lowest BCUT2D eigenvalue weighted by Gasteiger charge is -2.39. The van der Waals surface area contributed by atoms with Crippen molar-refractivity contribution in [2.24, 2.45) is 10.9 Å². The molecule has 5 aromatic heterocycles. The monoisotopic (exact) mass is 1020 g/mol. The Balaban J connectivity index is 0.657. The number of aromatic amines is 1. The number of H-pyrrole nitrogens is 1. The minimum Gasteiger partial charge on any atom is -0.480 e. The van der Waals surface area contributed by atoms with Crippen LogP contribution in [0, 0.1) is 26.7 Å². The van der Waals surface area contributed by atoms with E-state index >= 15 is 0 Å². The Morgan fingerprint density at radius 1 is 0.944 bits per heavy atom. The number of aliphatic hydroxyl groups is 1. The van der Waals surface area contributed by atoms with Crippen molar-refractivity contribution in [2.75, 3.05) is 91.2 Å². The van der Waals surface area contributed by atoms with Gasteiger partial charge in [-0.05, 0) is 88.5 Å². The van der Waals surface area contributed by atoms with Crippen LogP contribution >= 0.6 is 34.5 Å². The zero-order chi connectivity index (χ0) is 49.1. The fraction of sp³-hybridized carbons (Fsp3) is 0.500. The highest BCUT2D eigenvalue weighted by Gasteiger charge is 2.49. The van der Waals surface area contributed by atoms with Crippen LogP contribution in [0.25, 0.3) is 27.4 Å². The molecule has 1 aromatic carbocycles. The molecule has 21 heteroatoms. The lowest BCUT2D eigenvalue weighted by Crippen LogP contribution is -2.50. The molecule has 18 nitrogen and oxygen atoms in total. The standard InChI is InChI=1S/C50H58Cl2N12O6S/c1-27-28(2)71-49-41(27)42(31-6-8-32(51)9-7-31)53-36(47-59-58-29(3)64(47)49)23-40(66)63-20-18-62(19-21-63)24-30-12-14-61(15-13-30)17-16-60(4)39-11-10-33(48(55-39)67-5)43-34(52)22-35-46(56-43)57-50(54-35)70-38-26-69-44-37(65)25-68-45(38)44/h6-11,22,30,36-38,44-45,65H,12-21,23-26H2,1-5H3,(H,54,56,57)/t36-,37+,38+,44+,45+/m0/s1. The third-order valence-electron chi connectivity index (χ3n) is 14.8. The smallest absolute Gasteiger partial charge is 0.296 e. The van der Waals surface area contributed by atoms with Crippen molar-refractivity contribution >= 4 is 63.1 Å². The molecule has 4 fully saturated rings. The Morgan fingerprint density at radius 2 is 1.72 bits per heavy atom. The van der Waals surface area contributed by atoms with E-state index in [0.717, 1.165) is 92.1 Å². The van der Waals surface area contributed by atoms with E-state index in [4.69, 9.17) is 57.1 Å². The van der Waals surface area contributed by atoms with Gasteiger partial charge in [-0.1, -0.05) is 35.3 Å². The number of fused-ring (bicyclic) bond motifs is 5. The summed E-state index contributed by atoms with van der Waals surface area (Å²) in [5.41, 5.74) is 6.24. The van der Waals surface area contributed by atoms with E-state index in [-0.39, 0.29) is 37.7 Å². The first kappa shape index (κ1) is 48.0. The first-order valence-electron chi connectivity index (χ1n) is 24.4. The number of aliphatic imine (C=N–C) groups is 1. The van der Waals surface area contributed by atoms with E-state index in [9.17, 15) is 9.90 Å². The number of carbonyl (C=O) groups is 1. The van der Waals surface area contributed by atoms with Gasteiger partial charge in [-0.25, -0.2) is 4.98 Å². The van der Waals surface area contributed by atoms with Crippen LogP contribution in [0.4, 0.5) is 5.82 Å². The van der Waals surface area contributed by atoms with E-state index < -0.39 is 24.4 Å². The van der Waals surface area contributed by atoms with Crippen LogP contribution < -0.4 is 14.4 Å². The van der Waals surface area contributed by atoms with Crippen LogP contribution in [0.1, 0.15) is 58.5 Å². The van der Waals surface area contributed by atoms with Crippen molar-refractivity contribution in [1.29, 1.82) is 0 Å². The van der Waals surface area contributed by atoms with Gasteiger partial charge >= 0.3 is 0 Å². The summed E-state index contributed by atoms with van der Waals surface area (Å²) in [4.78, 5) is 47.2. The molecule has 0 aliphatic carbocycles. The number of rotatable bonds is 13. The van der Waals surface area contributed by atoms with Crippen LogP contribution in [-0.4, -0.2) is 177 Å². The number of aliphatic hydroxyl groups excluding tert-OH is 1. The topological polar surface area (TPSA) is 185 Å². The summed E-state index contributed by atoms with van der Waals surface area (Å²) in [6, 6.07) is 13.2. The molecule has 0 radical (unpaired) electrons. The van der Waals surface area contributed by atoms with Crippen molar-refractivity contribution in [2.45, 2.75) is 70.5 Å². The van der Waals surface area contributed by atoms with E-state index in [1.54, 1.807) is 24.5 Å². The van der Waals surface area contributed by atoms with E-state index in [1.165, 1.54) is 10.4 Å². The molecule has 6 aromatic rings. The molecule has 71 heavy (non-hydrogen) atoms. The molecule has 0 bridgehead atoms. The average molecular weight is 1030 g/mol. The molecule has 0 spiro atoms. The summed E-state index contributed by atoms with van der Waals surface area (Å²) in [5.74, 6) is 3.39. The zero-order valence-corrected chi connectivity index (χ0v) is 42.8. The summed E-state index contributed by atoms with van der Waals surface area (Å²) < 4.78 is 25.4. The van der Waals surface area contributed by atoms with Crippen molar-refractivity contribution in [3.05, 3.63) is 85.7 Å². The maximum absolute atomic E-state index is 14.1. The number of anilines is 1. The van der Waals surface area contributed by atoms with Gasteiger partial charge in [0.25, 0.3) is 6.01 Å². The maximum Gasteiger partial charge on any atom is 0.296 e. The molecule has 1 amide bonds. The predicted octanol–water partition coefficient (Wildman–Crippen LogP) is 6.08. The lowest BCUT2D eigenvalue weighted by molar-refractivity contribution is -0.133. The number of piperidine rings is 1. The number of imidazole rings is 1. The fourth-order valence-electron chi connectivity index (χ4n) is 10.6. The minimum atomic E-state index is -0.669. The molecular weight excluding hydrogens is 968 g/mol. The Morgan fingerprint density at radius 3 is 2.49 bits per heavy atom. The molecule has 2 N–H and O–H groups in total. The third kappa shape index (κ3) is 9.51. The summed E-state index contributed by atoms with van der Waals surface area (Å²) in [7, 11) is 3.64. The number of benzene rings is 1. The normalized spacial score (nSPS) is 22.8. The summed E-state index contributed by atoms with van der Waals surface area (Å²) >= 11 is 14.8. The van der Waals surface area contributed by atoms with E-state index in [1.807, 2.05) is 55.3 Å². The molecule has 4 saturated heterocycles. The summed E-state index contributed by atoms with van der Waals surface area (Å²) in [6.07, 6.45) is 0.647. The molecule has 5 aliphatic heterocycles. The molecule has 5 aliphatic rings. The van der Waals surface area contributed by atoms with E-state index in [0.29, 0.717) is 63.2 Å². The number of ether oxygens (including phenoxy) is 4. The van der Waals surface area contributed by atoms with Gasteiger partial charge in [0.05, 0.1) is 54.3 Å². The van der Waals surface area contributed by atoms with Crippen LogP contribution in [0.5, 0.6) is 11.9 Å². The number of hydrogen-bond acceptors (Lipinski definition) is 16. The number of methoxy groups -OCH3 is 1. The van der Waals surface area contributed by atoms with Gasteiger partial charge in [0, 0.05) is 73.9 Å². The second-order valence-corrected chi connectivity index (χ2v) is 21.3. The Labute approximate surface area is 425 Å². The number of nitrogens with one attached hydrogen (secondary N) is 1. The highest BCUT2D eigenvalue weighted by molar-refractivity contribution is 7.15. The van der Waals surface area contributed by atoms with Gasteiger partial charge in [0.1, 0.15) is 41.0 Å². The second-order valence-electron chi connectivity index (χ2n) is 19.3. The quantitative estimate of drug-likeness (QED) is 0.136. The van der Waals surface area contributed by atoms with Gasteiger partial charge in [-0.2, -0.15) is 9.97 Å². The number of piperazine rings is 1. The molecular formula is C50H58Cl2N12O6S. The summed E-state index contributed by atoms with van der Waals surface area (Å²) in [6.45, 7) is 14.7. The van der Waals surface area contributed by atoms with Crippen LogP contribution in [0.15, 0.2) is 47.5 Å². The number of halogens is 2. The SMILES string of the molecule is COc1nc(N(C)CCN2CCC(CN3CCN(C(=O)C[C@@H]4N=C(c5ccc(Cl)cc5)c5c(sc(C)c5C)-n5c(C)nnc54)CC3)CC2)ccc1-c1nc2nc(O[C@@H]3CO[C@H]4[C@@H]3OC[C@H]4O)[nH]c2cc1Cl. The van der Waals surface area contributed by atoms with Crippen LogP contribution in [-0.2, 0) is 14.3 Å². The largest absolute Gasteiger partial charge is 0.480 e. The highest BCUT2D eigenvalue weighted by atomic mass is 35.5. The third-order valence-corrected chi connectivity index (χ3v) is 16.5. The number of aromatic nitrogens is 7. The van der Waals surface area contributed by atoms with Gasteiger partial charge in [-0.3, -0.25) is 19.3 Å². The van der Waals surface area contributed by atoms with Crippen molar-refractivity contribution in [3.63, 3.8) is 0 Å².